The van der Waals surface area contributed by atoms with E-state index in [1.807, 2.05) is 24.3 Å². The van der Waals surface area contributed by atoms with E-state index in [2.05, 4.69) is 0 Å². The third-order valence-corrected chi connectivity index (χ3v) is 3.13. The second kappa shape index (κ2) is 4.15. The van der Waals surface area contributed by atoms with Crippen molar-refractivity contribution < 1.29 is 4.74 Å². The molecule has 1 rings (SSSR count). The van der Waals surface area contributed by atoms with Crippen LogP contribution in [0.2, 0.25) is 0 Å². The summed E-state index contributed by atoms with van der Waals surface area (Å²) >= 11 is 11.4. The van der Waals surface area contributed by atoms with Gasteiger partial charge in [-0.25, -0.2) is 0 Å². The van der Waals surface area contributed by atoms with Crippen molar-refractivity contribution in [1.82, 2.24) is 0 Å². The van der Waals surface area contributed by atoms with Gasteiger partial charge in [-0.15, -0.1) is 0 Å². The normalized spacial score (nSPS) is 10.2. The lowest BCUT2D eigenvalue weighted by molar-refractivity contribution is 0.415. The van der Waals surface area contributed by atoms with Gasteiger partial charge in [0, 0.05) is 5.30 Å². The van der Waals surface area contributed by atoms with Crippen LogP contribution in [-0.4, -0.2) is 7.11 Å². The highest BCUT2D eigenvalue weighted by Gasteiger charge is 2.01. The maximum Gasteiger partial charge on any atom is 0.118 e. The fourth-order valence-electron chi connectivity index (χ4n) is 0.695. The number of hydrogen-bond donors (Lipinski definition) is 0. The highest BCUT2D eigenvalue weighted by atomic mass is 35.9. The van der Waals surface area contributed by atoms with Crippen LogP contribution >= 0.6 is 29.1 Å². The zero-order valence-electron chi connectivity index (χ0n) is 5.92. The van der Waals surface area contributed by atoms with Crippen LogP contribution in [-0.2, 0) is 0 Å². The smallest absolute Gasteiger partial charge is 0.118 e. The van der Waals surface area contributed by atoms with E-state index < -0.39 is 6.63 Å². The summed E-state index contributed by atoms with van der Waals surface area (Å²) in [6, 6.07) is 7.42. The summed E-state index contributed by atoms with van der Waals surface area (Å²) in [5.74, 6) is 0.818. The molecule has 0 aromatic heterocycles. The van der Waals surface area contributed by atoms with E-state index >= 15 is 0 Å². The quantitative estimate of drug-likeness (QED) is 0.680. The minimum absolute atomic E-state index is 0.818. The lowest BCUT2D eigenvalue weighted by atomic mass is 10.3. The van der Waals surface area contributed by atoms with Crippen LogP contribution in [0.5, 0.6) is 5.75 Å². The molecule has 1 aromatic rings. The summed E-state index contributed by atoms with van der Waals surface area (Å²) in [6.07, 6.45) is 0. The Kier molecular flexibility index (Phi) is 3.45. The first-order valence-corrected chi connectivity index (χ1v) is 6.15. The van der Waals surface area contributed by atoms with Crippen LogP contribution in [0.25, 0.3) is 0 Å². The van der Waals surface area contributed by atoms with Crippen LogP contribution in [0.3, 0.4) is 0 Å². The Morgan fingerprint density at radius 1 is 1.18 bits per heavy atom. The van der Waals surface area contributed by atoms with E-state index in [1.165, 1.54) is 0 Å². The predicted molar refractivity (Wildman–Crippen MR) is 51.3 cm³/mol. The highest BCUT2D eigenvalue weighted by molar-refractivity contribution is 8.08. The maximum absolute atomic E-state index is 5.69. The molecule has 0 saturated heterocycles. The summed E-state index contributed by atoms with van der Waals surface area (Å²) in [6.45, 7) is -1.02. The van der Waals surface area contributed by atoms with E-state index in [0.29, 0.717) is 0 Å². The molecule has 4 heteroatoms. The number of benzene rings is 1. The number of ether oxygens (including phenoxy) is 1. The van der Waals surface area contributed by atoms with Crippen LogP contribution in [0.15, 0.2) is 24.3 Å². The molecular weight excluding hydrogens is 202 g/mol. The number of rotatable bonds is 2. The van der Waals surface area contributed by atoms with Crippen LogP contribution in [0.1, 0.15) is 0 Å². The monoisotopic (exact) mass is 208 g/mol. The number of methoxy groups -OCH3 is 1. The van der Waals surface area contributed by atoms with Gasteiger partial charge in [0.15, 0.2) is 0 Å². The van der Waals surface area contributed by atoms with Crippen LogP contribution in [0, 0.1) is 0 Å². The second-order valence-electron chi connectivity index (χ2n) is 1.93. The molecule has 0 heterocycles. The average Bonchev–Trinajstić information content (AvgIpc) is 2.05. The van der Waals surface area contributed by atoms with Gasteiger partial charge in [0.1, 0.15) is 12.4 Å². The predicted octanol–water partition coefficient (Wildman–Crippen LogP) is 3.11. The van der Waals surface area contributed by atoms with Crippen molar-refractivity contribution in [2.75, 3.05) is 7.11 Å². The van der Waals surface area contributed by atoms with Crippen molar-refractivity contribution in [3.05, 3.63) is 24.3 Å². The van der Waals surface area contributed by atoms with Gasteiger partial charge in [0.05, 0.1) is 7.11 Å². The molecule has 1 nitrogen and oxygen atoms in total. The van der Waals surface area contributed by atoms with Gasteiger partial charge in [0.2, 0.25) is 0 Å². The average molecular weight is 209 g/mol. The summed E-state index contributed by atoms with van der Waals surface area (Å²) in [4.78, 5) is 0. The number of halogens is 2. The fourth-order valence-corrected chi connectivity index (χ4v) is 1.75. The Balaban J connectivity index is 2.83. The Hall–Kier alpha value is 0.0300. The molecule has 0 N–H and O–H groups in total. The van der Waals surface area contributed by atoms with Gasteiger partial charge in [-0.05, 0) is 24.3 Å². The Bertz CT molecular complexity index is 222. The SMILES string of the molecule is COc1ccc(P(Cl)Cl)cc1. The largest absolute Gasteiger partial charge is 0.497 e. The second-order valence-corrected chi connectivity index (χ2v) is 5.46. The van der Waals surface area contributed by atoms with E-state index in [-0.39, 0.29) is 0 Å². The molecule has 60 valence electrons. The third kappa shape index (κ3) is 2.52. The van der Waals surface area contributed by atoms with Crippen molar-refractivity contribution in [2.24, 2.45) is 0 Å². The molecule has 0 saturated carbocycles. The van der Waals surface area contributed by atoms with Crippen LogP contribution < -0.4 is 10.0 Å². The van der Waals surface area contributed by atoms with Crippen molar-refractivity contribution >= 4 is 34.4 Å². The molecule has 0 aliphatic heterocycles. The molecule has 0 amide bonds. The minimum atomic E-state index is -1.02. The zero-order valence-corrected chi connectivity index (χ0v) is 8.33. The van der Waals surface area contributed by atoms with E-state index in [4.69, 9.17) is 27.2 Å². The lowest BCUT2D eigenvalue weighted by Gasteiger charge is -2.02. The molecular formula is C7H7Cl2OP. The molecule has 0 spiro atoms. The van der Waals surface area contributed by atoms with Crippen molar-refractivity contribution in [3.63, 3.8) is 0 Å². The van der Waals surface area contributed by atoms with Gasteiger partial charge >= 0.3 is 0 Å². The first-order valence-electron chi connectivity index (χ1n) is 3.00. The van der Waals surface area contributed by atoms with Gasteiger partial charge in [-0.1, -0.05) is 22.5 Å². The summed E-state index contributed by atoms with van der Waals surface area (Å²) in [7, 11) is 1.62. The highest BCUT2D eigenvalue weighted by Crippen LogP contribution is 2.45. The van der Waals surface area contributed by atoms with Gasteiger partial charge in [-0.3, -0.25) is 0 Å². The van der Waals surface area contributed by atoms with Crippen molar-refractivity contribution in [1.29, 1.82) is 0 Å². The van der Waals surface area contributed by atoms with Gasteiger partial charge in [-0.2, -0.15) is 0 Å². The first kappa shape index (κ1) is 9.12. The first-order chi connectivity index (χ1) is 5.24. The molecule has 0 fully saturated rings. The lowest BCUT2D eigenvalue weighted by Crippen LogP contribution is -1.93. The summed E-state index contributed by atoms with van der Waals surface area (Å²) in [5.41, 5.74) is 0. The standard InChI is InChI=1S/C7H7Cl2OP/c1-10-6-2-4-7(5-3-6)11(8)9/h2-5H,1H3. The molecule has 11 heavy (non-hydrogen) atoms. The summed E-state index contributed by atoms with van der Waals surface area (Å²) < 4.78 is 4.97. The fraction of sp³-hybridized carbons (Fsp3) is 0.143. The zero-order chi connectivity index (χ0) is 8.27. The molecule has 0 atom stereocenters. The molecule has 0 bridgehead atoms. The van der Waals surface area contributed by atoms with E-state index in [1.54, 1.807) is 7.11 Å². The molecule has 0 radical (unpaired) electrons. The number of hydrogen-bond acceptors (Lipinski definition) is 1. The van der Waals surface area contributed by atoms with E-state index in [0.717, 1.165) is 11.1 Å². The molecule has 0 aliphatic rings. The van der Waals surface area contributed by atoms with Gasteiger partial charge in [0.25, 0.3) is 0 Å². The third-order valence-electron chi connectivity index (χ3n) is 1.27. The molecule has 0 unspecified atom stereocenters. The molecule has 1 aromatic carbocycles. The maximum atomic E-state index is 5.69. The van der Waals surface area contributed by atoms with Gasteiger partial charge < -0.3 is 4.74 Å². The Morgan fingerprint density at radius 2 is 1.73 bits per heavy atom. The van der Waals surface area contributed by atoms with Crippen molar-refractivity contribution in [2.45, 2.75) is 0 Å². The molecule has 0 aliphatic carbocycles. The topological polar surface area (TPSA) is 9.23 Å². The minimum Gasteiger partial charge on any atom is -0.497 e. The Morgan fingerprint density at radius 3 is 2.09 bits per heavy atom. The Labute approximate surface area is 76.6 Å². The summed E-state index contributed by atoms with van der Waals surface area (Å²) in [5, 5.41) is 0.948. The van der Waals surface area contributed by atoms with E-state index in [9.17, 15) is 0 Å². The van der Waals surface area contributed by atoms with Crippen molar-refractivity contribution in [3.8, 4) is 5.75 Å². The van der Waals surface area contributed by atoms with Crippen LogP contribution in [0.4, 0.5) is 0 Å².